The summed E-state index contributed by atoms with van der Waals surface area (Å²) in [5.74, 6) is -5.43. The summed E-state index contributed by atoms with van der Waals surface area (Å²) in [6, 6.07) is 7.12. The summed E-state index contributed by atoms with van der Waals surface area (Å²) in [5.41, 5.74) is 15.6. The standard InChI is InChI=1S/C70H101N9O15/c1-43-39-48(80)40-44(2)51(43)42-55(79-67(88)52(34-28-38-75-70(72)73)76-57(82)36-25-18-14-10-12-16-23-32-50-46(4)59(84)63(92-6)65(94-8)61(50)86)69(90)77-53(68(89)78-54(66(71)87)41-47-29-20-19-21-30-47)33-26-27-37-74-56(81)35-24-17-13-9-11-15-22-31-49-45(3)58(83)62(91-5)64(93-7)60(49)85/h19-21,29-30,39-40,52-55,80H,9-18,22-28,31-38,41-42H2,1-8H3,(H2,71,87)(H,74,81)(H,76,82)(H,77,90)(H,78,89)(H,79,88)(H4,72,73,75)/t52-,53+,54+,55+/m1/s1. The molecule has 0 spiro atoms. The second-order valence-corrected chi connectivity index (χ2v) is 24.1. The van der Waals surface area contributed by atoms with Gasteiger partial charge in [0.25, 0.3) is 0 Å². The minimum absolute atomic E-state index is 0.00140. The molecule has 4 rings (SSSR count). The fourth-order valence-electron chi connectivity index (χ4n) is 11.6. The summed E-state index contributed by atoms with van der Waals surface area (Å²) in [4.78, 5) is 135. The van der Waals surface area contributed by atoms with Crippen LogP contribution >= 0.6 is 0 Å². The number of hydrogen-bond acceptors (Lipinski definition) is 16. The molecule has 24 heteroatoms. The van der Waals surface area contributed by atoms with Crippen LogP contribution in [0.2, 0.25) is 0 Å². The number of unbranched alkanes of at least 4 members (excludes halogenated alkanes) is 13. The average molecular weight is 1310 g/mol. The second-order valence-electron chi connectivity index (χ2n) is 24.1. The van der Waals surface area contributed by atoms with E-state index in [0.717, 1.165) is 76.2 Å². The van der Waals surface area contributed by atoms with Crippen LogP contribution in [0, 0.1) is 19.3 Å². The topological polar surface area (TPSA) is 376 Å². The lowest BCUT2D eigenvalue weighted by Gasteiger charge is -2.27. The maximum atomic E-state index is 14.8. The number of nitrogens with one attached hydrogen (secondary N) is 7. The highest BCUT2D eigenvalue weighted by atomic mass is 16.5. The van der Waals surface area contributed by atoms with Crippen molar-refractivity contribution in [2.45, 2.75) is 212 Å². The van der Waals surface area contributed by atoms with Gasteiger partial charge in [0.1, 0.15) is 29.9 Å². The molecule has 0 heterocycles. The molecule has 2 aromatic carbocycles. The number of guanidine groups is 1. The number of hydrogen-bond donors (Lipinski definition) is 10. The van der Waals surface area contributed by atoms with E-state index in [1.165, 1.54) is 40.6 Å². The first kappa shape index (κ1) is 77.6. The van der Waals surface area contributed by atoms with Gasteiger partial charge in [0.2, 0.25) is 81.6 Å². The third-order valence-electron chi connectivity index (χ3n) is 17.0. The van der Waals surface area contributed by atoms with Crippen molar-refractivity contribution in [3.05, 3.63) is 110 Å². The Hall–Kier alpha value is -8.83. The smallest absolute Gasteiger partial charge is 0.243 e. The highest BCUT2D eigenvalue weighted by Gasteiger charge is 2.37. The number of benzene rings is 2. The van der Waals surface area contributed by atoms with E-state index < -0.39 is 53.7 Å². The molecule has 94 heavy (non-hydrogen) atoms. The fraction of sp³-hybridized carbons (Fsp3) is 0.557. The molecule has 2 aliphatic rings. The number of carbonyl (C=O) groups excluding carboxylic acids is 10. The van der Waals surface area contributed by atoms with Gasteiger partial charge in [-0.15, -0.1) is 0 Å². The molecular weight excluding hydrogens is 1210 g/mol. The first-order valence-electron chi connectivity index (χ1n) is 32.9. The van der Waals surface area contributed by atoms with Crippen molar-refractivity contribution < 1.29 is 72.0 Å². The minimum atomic E-state index is -1.34. The number of primary amides is 1. The van der Waals surface area contributed by atoms with E-state index in [9.17, 15) is 53.1 Å². The highest BCUT2D eigenvalue weighted by Crippen LogP contribution is 2.31. The molecule has 516 valence electrons. The number of aromatic hydroxyl groups is 1. The summed E-state index contributed by atoms with van der Waals surface area (Å²) in [6.07, 6.45) is 13.8. The lowest BCUT2D eigenvalue weighted by Crippen LogP contribution is -2.58. The number of phenolic OH excluding ortho intramolecular Hbond substituents is 1. The van der Waals surface area contributed by atoms with Crippen LogP contribution in [0.5, 0.6) is 5.75 Å². The number of amides is 6. The third-order valence-corrected chi connectivity index (χ3v) is 17.0. The number of ketones is 4. The summed E-state index contributed by atoms with van der Waals surface area (Å²) in [6.45, 7) is 7.25. The van der Waals surface area contributed by atoms with Crippen LogP contribution < -0.4 is 43.4 Å². The molecule has 0 saturated carbocycles. The van der Waals surface area contributed by atoms with Gasteiger partial charge >= 0.3 is 0 Å². The number of ether oxygens (including phenoxy) is 4. The number of phenols is 1. The fourth-order valence-corrected chi connectivity index (χ4v) is 11.6. The maximum absolute atomic E-state index is 14.8. The Labute approximate surface area is 552 Å². The minimum Gasteiger partial charge on any atom is -0.508 e. The van der Waals surface area contributed by atoms with Crippen LogP contribution in [0.25, 0.3) is 0 Å². The molecule has 0 aromatic heterocycles. The largest absolute Gasteiger partial charge is 0.508 e. The quantitative estimate of drug-likeness (QED) is 0.0142. The van der Waals surface area contributed by atoms with Crippen LogP contribution in [0.15, 0.2) is 87.8 Å². The van der Waals surface area contributed by atoms with Crippen molar-refractivity contribution in [1.29, 1.82) is 5.41 Å². The highest BCUT2D eigenvalue weighted by molar-refractivity contribution is 6.24. The lowest BCUT2D eigenvalue weighted by atomic mass is 9.89. The number of nitrogens with two attached hydrogens (primary N) is 2. The van der Waals surface area contributed by atoms with Crippen LogP contribution in [-0.4, -0.2) is 135 Å². The molecule has 0 radical (unpaired) electrons. The van der Waals surface area contributed by atoms with Gasteiger partial charge < -0.3 is 67.4 Å². The number of allylic oxidation sites excluding steroid dienone is 4. The lowest BCUT2D eigenvalue weighted by molar-refractivity contribution is -0.134. The summed E-state index contributed by atoms with van der Waals surface area (Å²) < 4.78 is 20.6. The number of carbonyl (C=O) groups is 10. The van der Waals surface area contributed by atoms with Crippen LogP contribution in [0.4, 0.5) is 0 Å². The Morgan fingerprint density at radius 3 is 1.35 bits per heavy atom. The SMILES string of the molecule is COC1=C(OC)C(=O)C(CCCCCCCCCC(=O)NCCCC[C@H](NC(=O)[C@H](Cc2c(C)cc(O)cc2C)NC(=O)[C@@H](CCCNC(=N)N)NC(=O)CCCCCCCCCC2=C(C)C(=O)C(OC)=C(OC)C2=O)C(=O)N[C@@H](Cc2ccccc2)C(N)=O)=C(C)C1=O. The van der Waals surface area contributed by atoms with Gasteiger partial charge in [-0.05, 0) is 133 Å². The van der Waals surface area contributed by atoms with E-state index in [4.69, 9.17) is 35.8 Å². The molecule has 24 nitrogen and oxygen atoms in total. The van der Waals surface area contributed by atoms with Crippen molar-refractivity contribution in [3.8, 4) is 5.75 Å². The van der Waals surface area contributed by atoms with Crippen LogP contribution in [0.3, 0.4) is 0 Å². The summed E-state index contributed by atoms with van der Waals surface area (Å²) in [5, 5.41) is 35.0. The van der Waals surface area contributed by atoms with E-state index in [1.54, 1.807) is 52.0 Å². The van der Waals surface area contributed by atoms with Crippen LogP contribution in [0.1, 0.15) is 184 Å². The molecule has 0 aliphatic heterocycles. The van der Waals surface area contributed by atoms with Gasteiger partial charge in [-0.2, -0.15) is 0 Å². The molecule has 0 bridgehead atoms. The molecule has 2 aliphatic carbocycles. The van der Waals surface area contributed by atoms with E-state index in [2.05, 4.69) is 31.9 Å². The first-order chi connectivity index (χ1) is 45.0. The van der Waals surface area contributed by atoms with E-state index >= 15 is 0 Å². The number of methoxy groups -OCH3 is 4. The number of rotatable bonds is 45. The Balaban J connectivity index is 1.37. The van der Waals surface area contributed by atoms with Crippen molar-refractivity contribution in [2.75, 3.05) is 41.5 Å². The maximum Gasteiger partial charge on any atom is 0.243 e. The first-order valence-corrected chi connectivity index (χ1v) is 32.9. The zero-order chi connectivity index (χ0) is 69.3. The molecule has 0 saturated heterocycles. The predicted octanol–water partition coefficient (Wildman–Crippen LogP) is 6.74. The Morgan fingerprint density at radius 2 is 0.872 bits per heavy atom. The number of aryl methyl sites for hydroxylation is 2. The van der Waals surface area contributed by atoms with Crippen molar-refractivity contribution in [1.82, 2.24) is 31.9 Å². The van der Waals surface area contributed by atoms with Gasteiger partial charge in [-0.3, -0.25) is 53.4 Å². The van der Waals surface area contributed by atoms with E-state index in [-0.39, 0.29) is 109 Å². The molecular formula is C70H101N9O15. The van der Waals surface area contributed by atoms with Crippen LogP contribution in [-0.2, 0) is 79.7 Å². The van der Waals surface area contributed by atoms with Crippen molar-refractivity contribution in [3.63, 3.8) is 0 Å². The summed E-state index contributed by atoms with van der Waals surface area (Å²) >= 11 is 0. The van der Waals surface area contributed by atoms with E-state index in [1.807, 2.05) is 6.07 Å². The van der Waals surface area contributed by atoms with Gasteiger partial charge in [-0.25, -0.2) is 0 Å². The van der Waals surface area contributed by atoms with Gasteiger partial charge in [-0.1, -0.05) is 94.5 Å². The van der Waals surface area contributed by atoms with Gasteiger partial charge in [0.05, 0.1) is 28.4 Å². The number of Topliss-reactive ketones (excluding diaryl/α,β-unsaturated/α-hetero) is 4. The zero-order valence-corrected chi connectivity index (χ0v) is 56.3. The Morgan fingerprint density at radius 1 is 0.468 bits per heavy atom. The summed E-state index contributed by atoms with van der Waals surface area (Å²) in [7, 11) is 5.33. The molecule has 6 amide bonds. The van der Waals surface area contributed by atoms with Crippen molar-refractivity contribution in [2.24, 2.45) is 11.5 Å². The molecule has 2 aromatic rings. The Bertz CT molecular complexity index is 3110. The molecule has 4 atom stereocenters. The zero-order valence-electron chi connectivity index (χ0n) is 56.3. The van der Waals surface area contributed by atoms with Crippen molar-refractivity contribution >= 4 is 64.5 Å². The molecule has 12 N–H and O–H groups in total. The second kappa shape index (κ2) is 41.0. The monoisotopic (exact) mass is 1310 g/mol. The van der Waals surface area contributed by atoms with Gasteiger partial charge in [0, 0.05) is 61.1 Å². The van der Waals surface area contributed by atoms with Gasteiger partial charge in [0.15, 0.2) is 5.96 Å². The normalized spacial score (nSPS) is 14.6. The van der Waals surface area contributed by atoms with E-state index in [0.29, 0.717) is 96.8 Å². The third kappa shape index (κ3) is 24.9. The predicted molar refractivity (Wildman–Crippen MR) is 355 cm³/mol. The molecule has 0 fully saturated rings. The Kier molecular flexibility index (Phi) is 33.9. The molecule has 0 unspecified atom stereocenters. The average Bonchev–Trinajstić information content (AvgIpc) is 0.808.